The molecule has 37 valence electrons. The molecule has 2 heteroatoms. The highest BCUT2D eigenvalue weighted by molar-refractivity contribution is 4.43. The van der Waals surface area contributed by atoms with Crippen LogP contribution in [0.2, 0.25) is 0 Å². The molecule has 2 N–H and O–H groups in total. The van der Waals surface area contributed by atoms with E-state index >= 15 is 0 Å². The SMILES string of the molecule is O[CH]CCCO. The fourth-order valence-electron chi connectivity index (χ4n) is 0.183. The minimum absolute atomic E-state index is 0.164. The highest BCUT2D eigenvalue weighted by Gasteiger charge is 1.78. The molecule has 1 radical (unpaired) electrons. The van der Waals surface area contributed by atoms with E-state index in [1.165, 1.54) is 0 Å². The van der Waals surface area contributed by atoms with Crippen molar-refractivity contribution >= 4 is 0 Å². The van der Waals surface area contributed by atoms with E-state index in [-0.39, 0.29) is 6.61 Å². The van der Waals surface area contributed by atoms with E-state index in [0.29, 0.717) is 12.8 Å². The van der Waals surface area contributed by atoms with Gasteiger partial charge in [0, 0.05) is 6.61 Å². The van der Waals surface area contributed by atoms with Gasteiger partial charge in [0.1, 0.15) is 0 Å². The topological polar surface area (TPSA) is 40.5 Å². The van der Waals surface area contributed by atoms with E-state index in [1.54, 1.807) is 0 Å². The molecule has 0 aromatic heterocycles. The van der Waals surface area contributed by atoms with Crippen LogP contribution in [-0.2, 0) is 0 Å². The number of rotatable bonds is 3. The maximum Gasteiger partial charge on any atom is 0.0800 e. The third-order valence-corrected chi connectivity index (χ3v) is 0.491. The summed E-state index contributed by atoms with van der Waals surface area (Å²) in [5.41, 5.74) is 0. The molecule has 0 saturated carbocycles. The molecule has 0 fully saturated rings. The summed E-state index contributed by atoms with van der Waals surface area (Å²) in [6, 6.07) is 0. The molecule has 0 aromatic carbocycles. The zero-order chi connectivity index (χ0) is 4.83. The van der Waals surface area contributed by atoms with Gasteiger partial charge in [-0.2, -0.15) is 0 Å². The number of aliphatic hydroxyl groups is 2. The summed E-state index contributed by atoms with van der Waals surface area (Å²) in [5.74, 6) is 0. The van der Waals surface area contributed by atoms with Crippen molar-refractivity contribution in [3.8, 4) is 0 Å². The van der Waals surface area contributed by atoms with Crippen molar-refractivity contribution in [2.45, 2.75) is 12.8 Å². The Hall–Kier alpha value is -0.0800. The standard InChI is InChI=1S/C4H9O2/c5-3-1-2-4-6/h3,5-6H,1-2,4H2. The maximum absolute atomic E-state index is 8.07. The second-order valence-corrected chi connectivity index (χ2v) is 1.05. The average molecular weight is 89.1 g/mol. The van der Waals surface area contributed by atoms with Crippen LogP contribution in [0.4, 0.5) is 0 Å². The monoisotopic (exact) mass is 89.1 g/mol. The number of hydrogen-bond donors (Lipinski definition) is 2. The molecule has 0 amide bonds. The Labute approximate surface area is 37.4 Å². The number of hydrogen-bond acceptors (Lipinski definition) is 2. The first kappa shape index (κ1) is 5.92. The van der Waals surface area contributed by atoms with Crippen LogP contribution in [0, 0.1) is 6.61 Å². The summed E-state index contributed by atoms with van der Waals surface area (Å²) in [7, 11) is 0. The Balaban J connectivity index is 2.34. The van der Waals surface area contributed by atoms with E-state index < -0.39 is 0 Å². The molecule has 0 aliphatic rings. The highest BCUT2D eigenvalue weighted by Crippen LogP contribution is 1.85. The summed E-state index contributed by atoms with van der Waals surface area (Å²) < 4.78 is 0. The van der Waals surface area contributed by atoms with Gasteiger partial charge >= 0.3 is 0 Å². The van der Waals surface area contributed by atoms with Crippen LogP contribution in [0.15, 0.2) is 0 Å². The van der Waals surface area contributed by atoms with E-state index in [2.05, 4.69) is 0 Å². The van der Waals surface area contributed by atoms with Crippen molar-refractivity contribution in [2.24, 2.45) is 0 Å². The summed E-state index contributed by atoms with van der Waals surface area (Å²) >= 11 is 0. The van der Waals surface area contributed by atoms with E-state index in [0.717, 1.165) is 6.61 Å². The fourth-order valence-corrected chi connectivity index (χ4v) is 0.183. The molecular weight excluding hydrogens is 80.0 g/mol. The van der Waals surface area contributed by atoms with Gasteiger partial charge in [-0.3, -0.25) is 0 Å². The lowest BCUT2D eigenvalue weighted by Gasteiger charge is -1.84. The molecule has 0 aromatic rings. The van der Waals surface area contributed by atoms with Gasteiger partial charge < -0.3 is 10.2 Å². The van der Waals surface area contributed by atoms with Crippen molar-refractivity contribution in [1.29, 1.82) is 0 Å². The van der Waals surface area contributed by atoms with Crippen LogP contribution < -0.4 is 0 Å². The van der Waals surface area contributed by atoms with E-state index in [4.69, 9.17) is 10.2 Å². The minimum Gasteiger partial charge on any atom is -0.396 e. The van der Waals surface area contributed by atoms with Crippen LogP contribution in [-0.4, -0.2) is 16.8 Å². The molecule has 2 nitrogen and oxygen atoms in total. The lowest BCUT2D eigenvalue weighted by Crippen LogP contribution is -1.80. The second-order valence-electron chi connectivity index (χ2n) is 1.05. The maximum atomic E-state index is 8.07. The highest BCUT2D eigenvalue weighted by atomic mass is 16.3. The van der Waals surface area contributed by atoms with Gasteiger partial charge in [0.2, 0.25) is 0 Å². The molecule has 0 rings (SSSR count). The average Bonchev–Trinajstić information content (AvgIpc) is 1.61. The Morgan fingerprint density at radius 2 is 2.17 bits per heavy atom. The zero-order valence-corrected chi connectivity index (χ0v) is 3.59. The normalized spacial score (nSPS) is 9.00. The molecule has 6 heavy (non-hydrogen) atoms. The molecule has 0 atom stereocenters. The van der Waals surface area contributed by atoms with Gasteiger partial charge in [-0.1, -0.05) is 0 Å². The van der Waals surface area contributed by atoms with Gasteiger partial charge in [0.15, 0.2) is 0 Å². The van der Waals surface area contributed by atoms with Crippen molar-refractivity contribution in [1.82, 2.24) is 0 Å². The molecule has 0 unspecified atom stereocenters. The van der Waals surface area contributed by atoms with Crippen LogP contribution in [0.25, 0.3) is 0 Å². The molecule has 0 spiro atoms. The third-order valence-electron chi connectivity index (χ3n) is 0.491. The molecule has 0 saturated heterocycles. The van der Waals surface area contributed by atoms with Crippen LogP contribution in [0.3, 0.4) is 0 Å². The molecule has 0 aliphatic heterocycles. The first-order valence-electron chi connectivity index (χ1n) is 1.98. The predicted octanol–water partition coefficient (Wildman–Crippen LogP) is 0.293. The van der Waals surface area contributed by atoms with E-state index in [1.807, 2.05) is 0 Å². The van der Waals surface area contributed by atoms with Gasteiger partial charge in [0.25, 0.3) is 0 Å². The zero-order valence-electron chi connectivity index (χ0n) is 3.59. The second kappa shape index (κ2) is 4.92. The quantitative estimate of drug-likeness (QED) is 0.488. The summed E-state index contributed by atoms with van der Waals surface area (Å²) in [6.45, 7) is 1.22. The number of unbranched alkanes of at least 4 members (excludes halogenated alkanes) is 1. The predicted molar refractivity (Wildman–Crippen MR) is 22.6 cm³/mol. The largest absolute Gasteiger partial charge is 0.396 e. The lowest BCUT2D eigenvalue weighted by molar-refractivity contribution is 0.273. The Bertz CT molecular complexity index is 17.5. The smallest absolute Gasteiger partial charge is 0.0800 e. The fraction of sp³-hybridized carbons (Fsp3) is 0.750. The Morgan fingerprint density at radius 3 is 2.33 bits per heavy atom. The molecular formula is C4H9O2. The number of aliphatic hydroxyl groups excluding tert-OH is 2. The molecule has 0 bridgehead atoms. The van der Waals surface area contributed by atoms with Crippen molar-refractivity contribution in [2.75, 3.05) is 6.61 Å². The molecule has 0 aliphatic carbocycles. The van der Waals surface area contributed by atoms with Crippen molar-refractivity contribution < 1.29 is 10.2 Å². The van der Waals surface area contributed by atoms with Gasteiger partial charge in [-0.25, -0.2) is 0 Å². The van der Waals surface area contributed by atoms with Crippen LogP contribution in [0.5, 0.6) is 0 Å². The van der Waals surface area contributed by atoms with Gasteiger partial charge in [-0.15, -0.1) is 0 Å². The van der Waals surface area contributed by atoms with Crippen LogP contribution in [0.1, 0.15) is 12.8 Å². The lowest BCUT2D eigenvalue weighted by atomic mass is 10.3. The van der Waals surface area contributed by atoms with Gasteiger partial charge in [-0.05, 0) is 12.8 Å². The van der Waals surface area contributed by atoms with E-state index in [9.17, 15) is 0 Å². The van der Waals surface area contributed by atoms with Crippen molar-refractivity contribution in [3.05, 3.63) is 6.61 Å². The Kier molecular flexibility index (Phi) is 4.85. The first-order valence-corrected chi connectivity index (χ1v) is 1.98. The summed E-state index contributed by atoms with van der Waals surface area (Å²) in [6.07, 6.45) is 1.26. The van der Waals surface area contributed by atoms with Crippen LogP contribution >= 0.6 is 0 Å². The molecule has 0 heterocycles. The minimum atomic E-state index is 0.164. The first-order chi connectivity index (χ1) is 2.91. The Morgan fingerprint density at radius 1 is 1.50 bits per heavy atom. The van der Waals surface area contributed by atoms with Crippen molar-refractivity contribution in [3.63, 3.8) is 0 Å². The van der Waals surface area contributed by atoms with Gasteiger partial charge in [0.05, 0.1) is 6.61 Å². The summed E-state index contributed by atoms with van der Waals surface area (Å²) in [4.78, 5) is 0. The summed E-state index contributed by atoms with van der Waals surface area (Å²) in [5, 5.41) is 16.0. The third kappa shape index (κ3) is 3.92.